The number of Topliss-reactive ketones (excluding diaryl/α,β-unsaturated/α-hetero) is 1. The van der Waals surface area contributed by atoms with Gasteiger partial charge in [0, 0.05) is 12.8 Å². The monoisotopic (exact) mass is 466 g/mol. The minimum Gasteiger partial charge on any atom is -0.466 e. The number of benzene rings is 2. The Hall–Kier alpha value is -2.95. The van der Waals surface area contributed by atoms with Crippen molar-refractivity contribution in [1.82, 2.24) is 0 Å². The van der Waals surface area contributed by atoms with Crippen LogP contribution < -0.4 is 0 Å². The van der Waals surface area contributed by atoms with E-state index in [2.05, 4.69) is 0 Å². The van der Waals surface area contributed by atoms with E-state index in [1.807, 2.05) is 75.4 Å². The first kappa shape index (κ1) is 27.3. The number of carbonyl (C=O) groups is 3. The number of esters is 2. The Labute approximate surface area is 203 Å². The summed E-state index contributed by atoms with van der Waals surface area (Å²) in [6.45, 7) is 8.02. The molecule has 0 aliphatic rings. The molecule has 2 unspecified atom stereocenters. The Morgan fingerprint density at radius 1 is 0.853 bits per heavy atom. The Kier molecular flexibility index (Phi) is 11.0. The van der Waals surface area contributed by atoms with Crippen molar-refractivity contribution < 1.29 is 23.9 Å². The van der Waals surface area contributed by atoms with Crippen molar-refractivity contribution in [2.45, 2.75) is 71.6 Å². The highest BCUT2D eigenvalue weighted by Crippen LogP contribution is 2.38. The van der Waals surface area contributed by atoms with E-state index < -0.39 is 5.41 Å². The van der Waals surface area contributed by atoms with Gasteiger partial charge >= 0.3 is 11.9 Å². The first-order valence-electron chi connectivity index (χ1n) is 12.3. The van der Waals surface area contributed by atoms with Crippen LogP contribution in [0.25, 0.3) is 11.1 Å². The van der Waals surface area contributed by atoms with E-state index >= 15 is 0 Å². The zero-order valence-corrected chi connectivity index (χ0v) is 21.0. The van der Waals surface area contributed by atoms with Gasteiger partial charge in [-0.1, -0.05) is 61.5 Å². The highest BCUT2D eigenvalue weighted by molar-refractivity contribution is 5.87. The van der Waals surface area contributed by atoms with Crippen LogP contribution in [0.3, 0.4) is 0 Å². The first-order chi connectivity index (χ1) is 16.3. The van der Waals surface area contributed by atoms with Gasteiger partial charge in [-0.15, -0.1) is 0 Å². The van der Waals surface area contributed by atoms with Crippen LogP contribution in [0.15, 0.2) is 54.6 Å². The van der Waals surface area contributed by atoms with Gasteiger partial charge in [0.15, 0.2) is 0 Å². The van der Waals surface area contributed by atoms with Gasteiger partial charge < -0.3 is 9.47 Å². The Bertz CT molecular complexity index is 937. The summed E-state index contributed by atoms with van der Waals surface area (Å²) in [4.78, 5) is 37.4. The summed E-state index contributed by atoms with van der Waals surface area (Å²) in [5.74, 6) is -0.528. The van der Waals surface area contributed by atoms with Gasteiger partial charge in [-0.2, -0.15) is 0 Å². The molecule has 2 aromatic rings. The van der Waals surface area contributed by atoms with E-state index in [1.54, 1.807) is 6.92 Å². The maximum Gasteiger partial charge on any atom is 0.316 e. The fourth-order valence-corrected chi connectivity index (χ4v) is 4.24. The number of ketones is 1. The zero-order valence-electron chi connectivity index (χ0n) is 21.0. The molecule has 0 N–H and O–H groups in total. The second kappa shape index (κ2) is 13.7. The smallest absolute Gasteiger partial charge is 0.316 e. The molecule has 0 spiro atoms. The maximum atomic E-state index is 13.1. The topological polar surface area (TPSA) is 69.7 Å². The zero-order chi connectivity index (χ0) is 25.0. The molecule has 5 nitrogen and oxygen atoms in total. The van der Waals surface area contributed by atoms with Crippen LogP contribution in [0.2, 0.25) is 0 Å². The van der Waals surface area contributed by atoms with Crippen molar-refractivity contribution in [3.8, 4) is 11.1 Å². The van der Waals surface area contributed by atoms with Crippen LogP contribution in [-0.2, 0) is 29.3 Å². The highest BCUT2D eigenvalue weighted by Gasteiger charge is 2.38. The number of hydrogen-bond donors (Lipinski definition) is 0. The minimum absolute atomic E-state index is 0.151. The largest absolute Gasteiger partial charge is 0.466 e. The second-order valence-electron chi connectivity index (χ2n) is 8.90. The van der Waals surface area contributed by atoms with Crippen LogP contribution in [0.1, 0.15) is 71.8 Å². The number of ether oxygens (including phenoxy) is 2. The van der Waals surface area contributed by atoms with Crippen molar-refractivity contribution in [3.63, 3.8) is 0 Å². The molecule has 34 heavy (non-hydrogen) atoms. The normalized spacial score (nSPS) is 13.5. The van der Waals surface area contributed by atoms with E-state index in [9.17, 15) is 14.4 Å². The first-order valence-corrected chi connectivity index (χ1v) is 12.3. The van der Waals surface area contributed by atoms with E-state index in [-0.39, 0.29) is 23.6 Å². The van der Waals surface area contributed by atoms with Crippen LogP contribution in [-0.4, -0.2) is 30.9 Å². The summed E-state index contributed by atoms with van der Waals surface area (Å²) in [6.07, 6.45) is 3.22. The summed E-state index contributed by atoms with van der Waals surface area (Å²) in [6, 6.07) is 17.9. The van der Waals surface area contributed by atoms with E-state index in [0.717, 1.165) is 16.7 Å². The Morgan fingerprint density at radius 3 is 2.15 bits per heavy atom. The fraction of sp³-hybridized carbons (Fsp3) is 0.483. The average Bonchev–Trinajstić information content (AvgIpc) is 2.84. The lowest BCUT2D eigenvalue weighted by molar-refractivity contribution is -0.150. The maximum absolute atomic E-state index is 13.1. The molecule has 2 aromatic carbocycles. The molecule has 5 heteroatoms. The molecule has 0 aliphatic heterocycles. The number of rotatable bonds is 14. The summed E-state index contributed by atoms with van der Waals surface area (Å²) in [5, 5.41) is 0. The molecule has 0 fully saturated rings. The second-order valence-corrected chi connectivity index (χ2v) is 8.90. The Morgan fingerprint density at radius 2 is 1.47 bits per heavy atom. The van der Waals surface area contributed by atoms with Gasteiger partial charge in [0.25, 0.3) is 0 Å². The molecule has 0 heterocycles. The van der Waals surface area contributed by atoms with Crippen LogP contribution in [0.4, 0.5) is 0 Å². The fourth-order valence-electron chi connectivity index (χ4n) is 4.24. The van der Waals surface area contributed by atoms with Gasteiger partial charge in [-0.3, -0.25) is 14.4 Å². The Balaban J connectivity index is 2.06. The van der Waals surface area contributed by atoms with Gasteiger partial charge in [0.1, 0.15) is 5.78 Å². The molecule has 0 bridgehead atoms. The van der Waals surface area contributed by atoms with Crippen molar-refractivity contribution >= 4 is 17.7 Å². The third-order valence-electron chi connectivity index (χ3n) is 6.25. The van der Waals surface area contributed by atoms with Gasteiger partial charge in [-0.05, 0) is 63.1 Å². The summed E-state index contributed by atoms with van der Waals surface area (Å²) < 4.78 is 10.5. The lowest BCUT2D eigenvalue weighted by Crippen LogP contribution is -2.35. The van der Waals surface area contributed by atoms with Crippen molar-refractivity contribution in [2.24, 2.45) is 5.92 Å². The molecule has 0 radical (unpaired) electrons. The molecule has 2 atom stereocenters. The molecule has 0 aliphatic carbocycles. The van der Waals surface area contributed by atoms with Crippen molar-refractivity contribution in [2.75, 3.05) is 13.2 Å². The van der Waals surface area contributed by atoms with Gasteiger partial charge in [0.2, 0.25) is 0 Å². The van der Waals surface area contributed by atoms with E-state index in [0.29, 0.717) is 51.7 Å². The predicted molar refractivity (Wildman–Crippen MR) is 134 cm³/mol. The van der Waals surface area contributed by atoms with Crippen LogP contribution >= 0.6 is 0 Å². The number of hydrogen-bond acceptors (Lipinski definition) is 5. The minimum atomic E-state index is -0.860. The van der Waals surface area contributed by atoms with E-state index in [4.69, 9.17) is 9.47 Å². The van der Waals surface area contributed by atoms with Crippen molar-refractivity contribution in [1.29, 1.82) is 0 Å². The average molecular weight is 467 g/mol. The molecule has 0 saturated carbocycles. The van der Waals surface area contributed by atoms with Crippen molar-refractivity contribution in [3.05, 3.63) is 60.2 Å². The third kappa shape index (κ3) is 7.54. The molecule has 0 aromatic heterocycles. The summed E-state index contributed by atoms with van der Waals surface area (Å²) in [7, 11) is 0. The third-order valence-corrected chi connectivity index (χ3v) is 6.25. The molecular formula is C29H38O5. The van der Waals surface area contributed by atoms with Crippen LogP contribution in [0, 0.1) is 5.92 Å². The lowest BCUT2D eigenvalue weighted by atomic mass is 9.74. The predicted octanol–water partition coefficient (Wildman–Crippen LogP) is 6.28. The van der Waals surface area contributed by atoms with Gasteiger partial charge in [0.05, 0.1) is 24.5 Å². The number of carbonyl (C=O) groups excluding carboxylic acids is 3. The summed E-state index contributed by atoms with van der Waals surface area (Å²) in [5.41, 5.74) is 2.09. The standard InChI is InChI=1S/C29H38O5/c1-5-33-27(31)22(3)14-12-17-24(30)18-13-21-29(4,28(32)34-6-2)26-20-11-10-19-25(26)23-15-8-7-9-16-23/h7-11,15-16,19-20,22H,5-6,12-14,17-18,21H2,1-4H3. The molecule has 0 saturated heterocycles. The molecule has 184 valence electrons. The quantitative estimate of drug-likeness (QED) is 0.306. The highest BCUT2D eigenvalue weighted by atomic mass is 16.5. The summed E-state index contributed by atoms with van der Waals surface area (Å²) >= 11 is 0. The van der Waals surface area contributed by atoms with E-state index in [1.165, 1.54) is 0 Å². The SMILES string of the molecule is CCOC(=O)C(C)CCCC(=O)CCCC(C)(C(=O)OCC)c1ccccc1-c1ccccc1. The van der Waals surface area contributed by atoms with Gasteiger partial charge in [-0.25, -0.2) is 0 Å². The lowest BCUT2D eigenvalue weighted by Gasteiger charge is -2.30. The molecular weight excluding hydrogens is 428 g/mol. The van der Waals surface area contributed by atoms with Crippen LogP contribution in [0.5, 0.6) is 0 Å². The molecule has 0 amide bonds. The molecule has 2 rings (SSSR count).